The van der Waals surface area contributed by atoms with Crippen molar-refractivity contribution >= 4 is 5.57 Å². The van der Waals surface area contributed by atoms with Gasteiger partial charge in [0.1, 0.15) is 0 Å². The molecule has 0 radical (unpaired) electrons. The summed E-state index contributed by atoms with van der Waals surface area (Å²) < 4.78 is 0. The molecule has 2 heteroatoms. The Morgan fingerprint density at radius 3 is 3.25 bits per heavy atom. The van der Waals surface area contributed by atoms with Crippen LogP contribution in [0, 0.1) is 6.57 Å². The lowest BCUT2D eigenvalue weighted by molar-refractivity contribution is 0.804. The van der Waals surface area contributed by atoms with Gasteiger partial charge < -0.3 is 4.98 Å². The van der Waals surface area contributed by atoms with Crippen LogP contribution in [0.25, 0.3) is 10.4 Å². The molecule has 0 amide bonds. The molecule has 0 bridgehead atoms. The van der Waals surface area contributed by atoms with Gasteiger partial charge in [0.05, 0.1) is 6.57 Å². The highest BCUT2D eigenvalue weighted by Gasteiger charge is 2.13. The Kier molecular flexibility index (Phi) is 1.71. The van der Waals surface area contributed by atoms with Gasteiger partial charge in [-0.15, -0.1) is 0 Å². The lowest BCUT2D eigenvalue weighted by atomic mass is 9.93. The lowest BCUT2D eigenvalue weighted by Gasteiger charge is -2.13. The zero-order valence-corrected chi connectivity index (χ0v) is 6.80. The number of hydrogen-bond acceptors (Lipinski definition) is 0. The van der Waals surface area contributed by atoms with E-state index in [-0.39, 0.29) is 0 Å². The zero-order chi connectivity index (χ0) is 8.39. The van der Waals surface area contributed by atoms with Crippen molar-refractivity contribution in [1.29, 1.82) is 0 Å². The van der Waals surface area contributed by atoms with Crippen molar-refractivity contribution in [3.05, 3.63) is 41.1 Å². The van der Waals surface area contributed by atoms with Crippen LogP contribution in [-0.2, 0) is 6.42 Å². The molecule has 1 N–H and O–H groups in total. The van der Waals surface area contributed by atoms with Gasteiger partial charge in [-0.3, -0.25) is 0 Å². The number of hydrogen-bond donors (Lipinski definition) is 1. The van der Waals surface area contributed by atoms with Crippen molar-refractivity contribution in [2.24, 2.45) is 0 Å². The summed E-state index contributed by atoms with van der Waals surface area (Å²) in [6.45, 7) is 6.77. The first-order valence-electron chi connectivity index (χ1n) is 4.14. The topological polar surface area (TPSA) is 20.1 Å². The third-order valence-electron chi connectivity index (χ3n) is 2.27. The Bertz CT molecular complexity index is 352. The second-order valence-corrected chi connectivity index (χ2v) is 3.01. The van der Waals surface area contributed by atoms with E-state index in [1.807, 2.05) is 6.20 Å². The first-order chi connectivity index (χ1) is 5.92. The van der Waals surface area contributed by atoms with E-state index in [9.17, 15) is 0 Å². The first kappa shape index (κ1) is 7.17. The predicted octanol–water partition coefficient (Wildman–Crippen LogP) is 2.61. The number of fused-ring (bicyclic) bond motifs is 1. The van der Waals surface area contributed by atoms with Crippen molar-refractivity contribution in [2.75, 3.05) is 0 Å². The van der Waals surface area contributed by atoms with Crippen LogP contribution in [-0.4, -0.2) is 4.98 Å². The summed E-state index contributed by atoms with van der Waals surface area (Å²) in [6.07, 6.45) is 6.93. The van der Waals surface area contributed by atoms with Crippen LogP contribution >= 0.6 is 0 Å². The Hall–Kier alpha value is -1.49. The van der Waals surface area contributed by atoms with Crippen LogP contribution in [0.4, 0.5) is 0 Å². The summed E-state index contributed by atoms with van der Waals surface area (Å²) in [5.74, 6) is 0. The summed E-state index contributed by atoms with van der Waals surface area (Å²) >= 11 is 0. The van der Waals surface area contributed by atoms with Gasteiger partial charge in [0.2, 0.25) is 0 Å². The minimum Gasteiger partial charge on any atom is -0.365 e. The van der Waals surface area contributed by atoms with Crippen molar-refractivity contribution in [2.45, 2.75) is 19.3 Å². The number of nitrogens with one attached hydrogen (secondary N) is 1. The van der Waals surface area contributed by atoms with Crippen LogP contribution in [0.15, 0.2) is 18.5 Å². The largest absolute Gasteiger partial charge is 0.365 e. The summed E-state index contributed by atoms with van der Waals surface area (Å²) in [4.78, 5) is 6.51. The third kappa shape index (κ3) is 1.04. The second-order valence-electron chi connectivity index (χ2n) is 3.01. The third-order valence-corrected chi connectivity index (χ3v) is 2.27. The molecular weight excluding hydrogens is 148 g/mol. The van der Waals surface area contributed by atoms with Crippen molar-refractivity contribution in [1.82, 2.24) is 4.98 Å². The molecule has 0 spiro atoms. The SMILES string of the molecule is [C-]#[N+]/C=C1/CCCc2[nH]ccc21. The van der Waals surface area contributed by atoms with Gasteiger partial charge in [-0.25, -0.2) is 4.85 Å². The molecule has 1 aliphatic rings. The molecule has 0 aromatic carbocycles. The molecule has 1 heterocycles. The van der Waals surface area contributed by atoms with Crippen molar-refractivity contribution in [3.63, 3.8) is 0 Å². The standard InChI is InChI=1S/C10H10N2/c1-11-7-8-3-2-4-10-9(8)5-6-12-10/h5-7,12H,2-4H2/b8-7-. The number of aromatic amines is 1. The molecule has 60 valence electrons. The number of nitrogens with zero attached hydrogens (tertiary/aromatic N) is 1. The lowest BCUT2D eigenvalue weighted by Crippen LogP contribution is -1.99. The number of allylic oxidation sites excluding steroid dienone is 1. The Morgan fingerprint density at radius 1 is 1.50 bits per heavy atom. The Labute approximate surface area is 71.7 Å². The fraction of sp³-hybridized carbons (Fsp3) is 0.300. The van der Waals surface area contributed by atoms with E-state index in [0.29, 0.717) is 0 Å². The average Bonchev–Trinajstić information content (AvgIpc) is 2.53. The van der Waals surface area contributed by atoms with Gasteiger partial charge in [-0.2, -0.15) is 0 Å². The first-order valence-corrected chi connectivity index (χ1v) is 4.14. The smallest absolute Gasteiger partial charge is 0.158 e. The summed E-state index contributed by atoms with van der Waals surface area (Å²) in [7, 11) is 0. The molecule has 1 aromatic heterocycles. The van der Waals surface area contributed by atoms with E-state index in [4.69, 9.17) is 6.57 Å². The normalized spacial score (nSPS) is 18.8. The van der Waals surface area contributed by atoms with Crippen LogP contribution in [0.1, 0.15) is 24.1 Å². The highest BCUT2D eigenvalue weighted by Crippen LogP contribution is 2.29. The fourth-order valence-corrected chi connectivity index (χ4v) is 1.71. The molecule has 0 unspecified atom stereocenters. The molecule has 2 rings (SSSR count). The maximum atomic E-state index is 6.77. The van der Waals surface area contributed by atoms with Crippen LogP contribution < -0.4 is 0 Å². The fourth-order valence-electron chi connectivity index (χ4n) is 1.71. The molecule has 0 aliphatic heterocycles. The number of aryl methyl sites for hydroxylation is 1. The quantitative estimate of drug-likeness (QED) is 0.560. The van der Waals surface area contributed by atoms with Crippen LogP contribution in [0.2, 0.25) is 0 Å². The highest BCUT2D eigenvalue weighted by atomic mass is 14.7. The molecule has 0 saturated heterocycles. The number of rotatable bonds is 0. The number of H-pyrrole nitrogens is 1. The minimum atomic E-state index is 1.05. The van der Waals surface area contributed by atoms with Crippen LogP contribution in [0.5, 0.6) is 0 Å². The van der Waals surface area contributed by atoms with Gasteiger partial charge in [-0.1, -0.05) is 0 Å². The predicted molar refractivity (Wildman–Crippen MR) is 48.3 cm³/mol. The average molecular weight is 158 g/mol. The highest BCUT2D eigenvalue weighted by molar-refractivity contribution is 5.69. The van der Waals surface area contributed by atoms with Gasteiger partial charge in [0.25, 0.3) is 0 Å². The molecule has 12 heavy (non-hydrogen) atoms. The second kappa shape index (κ2) is 2.86. The van der Waals surface area contributed by atoms with Gasteiger partial charge in [0, 0.05) is 11.9 Å². The summed E-state index contributed by atoms with van der Waals surface area (Å²) in [5.41, 5.74) is 3.72. The molecular formula is C10H10N2. The molecule has 0 fully saturated rings. The van der Waals surface area contributed by atoms with E-state index in [0.717, 1.165) is 19.3 Å². The maximum Gasteiger partial charge on any atom is 0.158 e. The molecule has 2 nitrogen and oxygen atoms in total. The van der Waals surface area contributed by atoms with Gasteiger partial charge in [-0.05, 0) is 36.5 Å². The van der Waals surface area contributed by atoms with Gasteiger partial charge >= 0.3 is 0 Å². The van der Waals surface area contributed by atoms with E-state index in [1.54, 1.807) is 6.20 Å². The number of aromatic nitrogens is 1. The molecule has 0 saturated carbocycles. The Morgan fingerprint density at radius 2 is 2.42 bits per heavy atom. The van der Waals surface area contributed by atoms with E-state index in [2.05, 4.69) is 15.9 Å². The monoisotopic (exact) mass is 158 g/mol. The summed E-state index contributed by atoms with van der Waals surface area (Å²) in [6, 6.07) is 2.06. The van der Waals surface area contributed by atoms with Crippen molar-refractivity contribution < 1.29 is 0 Å². The summed E-state index contributed by atoms with van der Waals surface area (Å²) in [5, 5.41) is 0. The van der Waals surface area contributed by atoms with Crippen molar-refractivity contribution in [3.8, 4) is 0 Å². The molecule has 1 aliphatic carbocycles. The van der Waals surface area contributed by atoms with E-state index in [1.165, 1.54) is 16.8 Å². The van der Waals surface area contributed by atoms with E-state index < -0.39 is 0 Å². The molecule has 0 atom stereocenters. The zero-order valence-electron chi connectivity index (χ0n) is 6.80. The van der Waals surface area contributed by atoms with Gasteiger partial charge in [0.15, 0.2) is 6.20 Å². The maximum absolute atomic E-state index is 6.77. The van der Waals surface area contributed by atoms with Crippen LogP contribution in [0.3, 0.4) is 0 Å². The molecule has 1 aromatic rings. The minimum absolute atomic E-state index is 1.05. The van der Waals surface area contributed by atoms with E-state index >= 15 is 0 Å². The Balaban J connectivity index is 2.46.